The van der Waals surface area contributed by atoms with Crippen molar-refractivity contribution in [2.75, 3.05) is 12.0 Å². The molecule has 0 saturated carbocycles. The van der Waals surface area contributed by atoms with Crippen LogP contribution in [0, 0.1) is 5.82 Å². The van der Waals surface area contributed by atoms with E-state index in [2.05, 4.69) is 4.98 Å². The third kappa shape index (κ3) is 4.63. The molecule has 0 radical (unpaired) electrons. The van der Waals surface area contributed by atoms with Crippen molar-refractivity contribution in [3.8, 4) is 11.5 Å². The van der Waals surface area contributed by atoms with Crippen LogP contribution in [0.1, 0.15) is 11.1 Å². The maximum atomic E-state index is 13.6. The van der Waals surface area contributed by atoms with Crippen LogP contribution in [0.25, 0.3) is 10.9 Å². The van der Waals surface area contributed by atoms with Crippen molar-refractivity contribution < 1.29 is 18.7 Å². The SMILES string of the molecule is COc1cccc(COc2c(N(C=O)c3cccnc3)n(Cc3ccc(F)cc3)c3ccccc23)c1. The molecule has 0 spiro atoms. The minimum absolute atomic E-state index is 0.272. The van der Waals surface area contributed by atoms with E-state index < -0.39 is 0 Å². The van der Waals surface area contributed by atoms with Crippen LogP contribution >= 0.6 is 0 Å². The Morgan fingerprint density at radius 1 is 0.972 bits per heavy atom. The van der Waals surface area contributed by atoms with Crippen molar-refractivity contribution in [2.24, 2.45) is 0 Å². The lowest BCUT2D eigenvalue weighted by Gasteiger charge is -2.22. The molecular weight excluding hydrogens is 457 g/mol. The van der Waals surface area contributed by atoms with E-state index in [4.69, 9.17) is 9.47 Å². The summed E-state index contributed by atoms with van der Waals surface area (Å²) < 4.78 is 27.4. The zero-order chi connectivity index (χ0) is 24.9. The maximum Gasteiger partial charge on any atom is 0.220 e. The molecule has 5 rings (SSSR count). The first kappa shape index (κ1) is 23.1. The highest BCUT2D eigenvalue weighted by Crippen LogP contribution is 2.43. The lowest BCUT2D eigenvalue weighted by Crippen LogP contribution is -2.19. The highest BCUT2D eigenvalue weighted by molar-refractivity contribution is 5.99. The Kier molecular flexibility index (Phi) is 6.62. The van der Waals surface area contributed by atoms with Gasteiger partial charge in [0.25, 0.3) is 0 Å². The Bertz CT molecular complexity index is 1480. The molecule has 36 heavy (non-hydrogen) atoms. The van der Waals surface area contributed by atoms with Gasteiger partial charge in [-0.15, -0.1) is 0 Å². The number of amides is 1. The lowest BCUT2D eigenvalue weighted by molar-refractivity contribution is -0.106. The molecule has 0 atom stereocenters. The number of aromatic nitrogens is 2. The molecule has 0 bridgehead atoms. The van der Waals surface area contributed by atoms with Crippen molar-refractivity contribution in [3.05, 3.63) is 114 Å². The van der Waals surface area contributed by atoms with Crippen molar-refractivity contribution in [1.29, 1.82) is 0 Å². The first-order chi connectivity index (χ1) is 17.7. The summed E-state index contributed by atoms with van der Waals surface area (Å²) in [7, 11) is 1.62. The smallest absolute Gasteiger partial charge is 0.220 e. The third-order valence-corrected chi connectivity index (χ3v) is 5.93. The molecule has 0 unspecified atom stereocenters. The van der Waals surface area contributed by atoms with E-state index in [9.17, 15) is 9.18 Å². The number of fused-ring (bicyclic) bond motifs is 1. The molecule has 0 N–H and O–H groups in total. The van der Waals surface area contributed by atoms with E-state index in [1.807, 2.05) is 59.2 Å². The lowest BCUT2D eigenvalue weighted by atomic mass is 10.2. The van der Waals surface area contributed by atoms with Gasteiger partial charge < -0.3 is 14.0 Å². The summed E-state index contributed by atoms with van der Waals surface area (Å²) in [6.07, 6.45) is 4.03. The highest BCUT2D eigenvalue weighted by Gasteiger charge is 2.25. The Labute approximate surface area is 208 Å². The van der Waals surface area contributed by atoms with Crippen LogP contribution in [0.2, 0.25) is 0 Å². The third-order valence-electron chi connectivity index (χ3n) is 5.93. The van der Waals surface area contributed by atoms with E-state index in [0.29, 0.717) is 23.8 Å². The fourth-order valence-corrected chi connectivity index (χ4v) is 4.22. The predicted octanol–water partition coefficient (Wildman–Crippen LogP) is 6.11. The normalized spacial score (nSPS) is 10.8. The molecule has 7 heteroatoms. The van der Waals surface area contributed by atoms with Crippen LogP contribution in [-0.2, 0) is 17.9 Å². The van der Waals surface area contributed by atoms with Gasteiger partial charge in [-0.25, -0.2) is 4.39 Å². The van der Waals surface area contributed by atoms with Crippen molar-refractivity contribution >= 4 is 28.8 Å². The van der Waals surface area contributed by atoms with Gasteiger partial charge in [0.2, 0.25) is 6.41 Å². The Morgan fingerprint density at radius 2 is 1.81 bits per heavy atom. The van der Waals surface area contributed by atoms with Gasteiger partial charge in [-0.1, -0.05) is 36.4 Å². The summed E-state index contributed by atoms with van der Waals surface area (Å²) in [4.78, 5) is 18.2. The number of para-hydroxylation sites is 1. The number of carbonyl (C=O) groups excluding carboxylic acids is 1. The second-order valence-electron chi connectivity index (χ2n) is 8.21. The van der Waals surface area contributed by atoms with Crippen LogP contribution in [-0.4, -0.2) is 23.1 Å². The minimum atomic E-state index is -0.302. The molecular formula is C29H24FN3O3. The molecule has 5 aromatic rings. The average Bonchev–Trinajstić information content (AvgIpc) is 3.23. The number of methoxy groups -OCH3 is 1. The van der Waals surface area contributed by atoms with E-state index in [0.717, 1.165) is 34.2 Å². The summed E-state index contributed by atoms with van der Waals surface area (Å²) in [6.45, 7) is 0.678. The number of pyridine rings is 1. The number of ether oxygens (including phenoxy) is 2. The molecule has 3 aromatic carbocycles. The van der Waals surface area contributed by atoms with Crippen molar-refractivity contribution in [3.63, 3.8) is 0 Å². The summed E-state index contributed by atoms with van der Waals surface area (Å²) in [5.74, 6) is 1.56. The average molecular weight is 482 g/mol. The number of halogens is 1. The second kappa shape index (κ2) is 10.3. The highest BCUT2D eigenvalue weighted by atomic mass is 19.1. The van der Waals surface area contributed by atoms with Crippen molar-refractivity contribution in [1.82, 2.24) is 9.55 Å². The first-order valence-electron chi connectivity index (χ1n) is 11.4. The largest absolute Gasteiger partial charge is 0.497 e. The number of hydrogen-bond acceptors (Lipinski definition) is 4. The monoisotopic (exact) mass is 481 g/mol. The molecule has 0 aliphatic rings. The molecule has 2 aromatic heterocycles. The zero-order valence-electron chi connectivity index (χ0n) is 19.7. The topological polar surface area (TPSA) is 56.6 Å². The molecule has 6 nitrogen and oxygen atoms in total. The molecule has 0 aliphatic heterocycles. The maximum absolute atomic E-state index is 13.6. The first-order valence-corrected chi connectivity index (χ1v) is 11.4. The predicted molar refractivity (Wildman–Crippen MR) is 137 cm³/mol. The van der Waals surface area contributed by atoms with Gasteiger partial charge in [0.15, 0.2) is 11.6 Å². The summed E-state index contributed by atoms with van der Waals surface area (Å²) in [5, 5.41) is 0.855. The van der Waals surface area contributed by atoms with E-state index in [1.54, 1.807) is 37.7 Å². The van der Waals surface area contributed by atoms with Gasteiger partial charge in [-0.2, -0.15) is 0 Å². The number of hydrogen-bond donors (Lipinski definition) is 0. The van der Waals surface area contributed by atoms with Crippen LogP contribution in [0.4, 0.5) is 15.9 Å². The van der Waals surface area contributed by atoms with Gasteiger partial charge in [-0.3, -0.25) is 14.7 Å². The van der Waals surface area contributed by atoms with Crippen molar-refractivity contribution in [2.45, 2.75) is 13.2 Å². The Hall–Kier alpha value is -4.65. The summed E-state index contributed by atoms with van der Waals surface area (Å²) in [5.41, 5.74) is 3.29. The second-order valence-corrected chi connectivity index (χ2v) is 8.21. The number of carbonyl (C=O) groups is 1. The molecule has 0 fully saturated rings. The fraction of sp³-hybridized carbons (Fsp3) is 0.103. The van der Waals surface area contributed by atoms with E-state index in [-0.39, 0.29) is 12.4 Å². The van der Waals surface area contributed by atoms with Crippen LogP contribution in [0.15, 0.2) is 97.3 Å². The number of anilines is 2. The number of nitrogens with zero attached hydrogens (tertiary/aromatic N) is 3. The molecule has 2 heterocycles. The van der Waals surface area contributed by atoms with Gasteiger partial charge in [0, 0.05) is 18.1 Å². The van der Waals surface area contributed by atoms with E-state index >= 15 is 0 Å². The Morgan fingerprint density at radius 3 is 2.56 bits per heavy atom. The zero-order valence-corrected chi connectivity index (χ0v) is 19.7. The Balaban J connectivity index is 1.66. The van der Waals surface area contributed by atoms with Crippen LogP contribution in [0.5, 0.6) is 11.5 Å². The number of benzene rings is 3. The van der Waals surface area contributed by atoms with E-state index in [1.165, 1.54) is 17.0 Å². The van der Waals surface area contributed by atoms with Gasteiger partial charge in [0.1, 0.15) is 18.2 Å². The van der Waals surface area contributed by atoms with Crippen LogP contribution in [0.3, 0.4) is 0 Å². The molecule has 0 aliphatic carbocycles. The molecule has 180 valence electrons. The quantitative estimate of drug-likeness (QED) is 0.239. The van der Waals surface area contributed by atoms with Gasteiger partial charge in [-0.05, 0) is 59.7 Å². The van der Waals surface area contributed by atoms with Crippen LogP contribution < -0.4 is 14.4 Å². The van der Waals surface area contributed by atoms with Gasteiger partial charge in [0.05, 0.1) is 24.5 Å². The minimum Gasteiger partial charge on any atom is -0.497 e. The molecule has 1 amide bonds. The van der Waals surface area contributed by atoms with Gasteiger partial charge >= 0.3 is 0 Å². The molecule has 0 saturated heterocycles. The fourth-order valence-electron chi connectivity index (χ4n) is 4.22. The number of rotatable bonds is 9. The standard InChI is InChI=1S/C29H24FN3O3/c1-35-25-8-4-6-22(16-25)19-36-28-26-9-2-3-10-27(26)32(18-21-11-13-23(30)14-12-21)29(28)33(20-34)24-7-5-15-31-17-24/h2-17,20H,18-19H2,1H3. The summed E-state index contributed by atoms with van der Waals surface area (Å²) in [6, 6.07) is 25.4. The summed E-state index contributed by atoms with van der Waals surface area (Å²) >= 11 is 0.